The molecule has 2 aromatic rings. The number of carbonyl (C=O) groups excluding carboxylic acids is 7. The summed E-state index contributed by atoms with van der Waals surface area (Å²) in [6.07, 6.45) is -6.10. The molecule has 1 aliphatic heterocycles. The van der Waals surface area contributed by atoms with Crippen LogP contribution in [0.15, 0.2) is 47.8 Å². The normalized spacial score (nSPS) is 20.3. The van der Waals surface area contributed by atoms with Gasteiger partial charge in [-0.3, -0.25) is 43.3 Å². The average molecular weight is 962 g/mol. The van der Waals surface area contributed by atoms with Gasteiger partial charge in [0.25, 0.3) is 0 Å². The number of carboxylic acid groups (broad SMARTS) is 2. The van der Waals surface area contributed by atoms with E-state index in [0.29, 0.717) is 11.3 Å². The molecule has 28 heteroatoms. The summed E-state index contributed by atoms with van der Waals surface area (Å²) in [5, 5.41) is 66.0. The molecule has 28 nitrogen and oxygen atoms in total. The molecule has 7 amide bonds. The Balaban J connectivity index is 1.99. The molecule has 1 aliphatic rings. The van der Waals surface area contributed by atoms with E-state index >= 15 is 0 Å². The van der Waals surface area contributed by atoms with Crippen molar-refractivity contribution in [1.29, 1.82) is 0 Å². The van der Waals surface area contributed by atoms with E-state index in [1.54, 1.807) is 30.3 Å². The lowest BCUT2D eigenvalue weighted by atomic mass is 9.95. The zero-order valence-electron chi connectivity index (χ0n) is 37.0. The van der Waals surface area contributed by atoms with Gasteiger partial charge in [-0.2, -0.15) is 0 Å². The quantitative estimate of drug-likeness (QED) is 0.0237. The van der Waals surface area contributed by atoms with Gasteiger partial charge in [-0.15, -0.1) is 0 Å². The molecule has 0 saturated carbocycles. The van der Waals surface area contributed by atoms with E-state index in [1.165, 1.54) is 12.5 Å². The number of nitrogens with zero attached hydrogens (tertiary/aromatic N) is 2. The number of amides is 7. The molecule has 68 heavy (non-hydrogen) atoms. The number of H-pyrrole nitrogens is 1. The second kappa shape index (κ2) is 26.8. The smallest absolute Gasteiger partial charge is 0.326 e. The molecular formula is C40H59N13O15. The highest BCUT2D eigenvalue weighted by Gasteiger charge is 2.46. The maximum Gasteiger partial charge on any atom is 0.326 e. The number of benzene rings is 1. The fourth-order valence-corrected chi connectivity index (χ4v) is 6.66. The number of hydrogen-bond donors (Lipinski definition) is 16. The highest BCUT2D eigenvalue weighted by atomic mass is 16.5. The van der Waals surface area contributed by atoms with Gasteiger partial charge in [-0.1, -0.05) is 30.3 Å². The van der Waals surface area contributed by atoms with Gasteiger partial charge in [0.15, 0.2) is 12.2 Å². The third-order valence-corrected chi connectivity index (χ3v) is 10.2. The molecule has 1 fully saturated rings. The average Bonchev–Trinajstić information content (AvgIpc) is 3.79. The highest BCUT2D eigenvalue weighted by Crippen LogP contribution is 2.20. The summed E-state index contributed by atoms with van der Waals surface area (Å²) in [5.74, 6) is -10.4. The van der Waals surface area contributed by atoms with Gasteiger partial charge in [0.05, 0.1) is 31.8 Å². The van der Waals surface area contributed by atoms with Crippen molar-refractivity contribution in [1.82, 2.24) is 47.2 Å². The first-order valence-corrected chi connectivity index (χ1v) is 21.1. The number of imidazole rings is 1. The van der Waals surface area contributed by atoms with E-state index in [1.807, 2.05) is 5.32 Å². The van der Waals surface area contributed by atoms with Gasteiger partial charge in [0, 0.05) is 38.2 Å². The van der Waals surface area contributed by atoms with Crippen LogP contribution in [-0.2, 0) is 60.7 Å². The van der Waals surface area contributed by atoms with Crippen molar-refractivity contribution >= 4 is 59.2 Å². The molecule has 1 aromatic carbocycles. The number of nitrogens with one attached hydrogen (secondary N) is 8. The number of aromatic amines is 1. The molecule has 0 bridgehead atoms. The van der Waals surface area contributed by atoms with Crippen LogP contribution in [-0.4, -0.2) is 175 Å². The number of carboxylic acids is 2. The number of aromatic nitrogens is 2. The summed E-state index contributed by atoms with van der Waals surface area (Å²) < 4.78 is 5.58. The van der Waals surface area contributed by atoms with E-state index in [-0.39, 0.29) is 38.2 Å². The lowest BCUT2D eigenvalue weighted by molar-refractivity contribution is -0.203. The number of nitrogens with two attached hydrogens (primary N) is 3. The van der Waals surface area contributed by atoms with Gasteiger partial charge >= 0.3 is 11.9 Å². The third-order valence-electron chi connectivity index (χ3n) is 10.2. The van der Waals surface area contributed by atoms with Crippen LogP contribution >= 0.6 is 0 Å². The van der Waals surface area contributed by atoms with E-state index in [2.05, 4.69) is 46.9 Å². The SMILES string of the molecule is CC(=O)N[C@@H]1[C@@H](O)[C@H](O)[C@@H](CO)O[C@H]1NC(=O)C[C@H](NC(=O)[C@H](Cc1cnc[nH]1)NC(=O)[C@@H](N)CCCN=C(N)N)C(=O)N[C@@H](Cc1ccccc1)C(=O)N[C@@H](C)C(=O)N[C@@H](CC(=O)O)C(=O)O. The van der Waals surface area contributed by atoms with Crippen LogP contribution in [0.25, 0.3) is 0 Å². The number of ether oxygens (including phenoxy) is 1. The van der Waals surface area contributed by atoms with Crippen LogP contribution in [0.4, 0.5) is 0 Å². The van der Waals surface area contributed by atoms with Crippen molar-refractivity contribution in [3.05, 3.63) is 54.1 Å². The second-order valence-corrected chi connectivity index (χ2v) is 15.7. The van der Waals surface area contributed by atoms with Crippen LogP contribution in [0.5, 0.6) is 0 Å². The summed E-state index contributed by atoms with van der Waals surface area (Å²) in [6.45, 7) is 1.54. The first-order chi connectivity index (χ1) is 32.1. The lowest BCUT2D eigenvalue weighted by Crippen LogP contribution is -2.68. The number of guanidine groups is 1. The fourth-order valence-electron chi connectivity index (χ4n) is 6.66. The Hall–Kier alpha value is -7.27. The van der Waals surface area contributed by atoms with Gasteiger partial charge in [0.2, 0.25) is 41.4 Å². The molecule has 0 radical (unpaired) electrons. The first kappa shape index (κ1) is 55.1. The summed E-state index contributed by atoms with van der Waals surface area (Å²) in [7, 11) is 0. The third kappa shape index (κ3) is 17.8. The Morgan fingerprint density at radius 2 is 1.40 bits per heavy atom. The van der Waals surface area contributed by atoms with Crippen molar-refractivity contribution in [2.24, 2.45) is 22.2 Å². The maximum absolute atomic E-state index is 14.4. The molecule has 19 N–H and O–H groups in total. The number of aliphatic hydroxyl groups excluding tert-OH is 3. The van der Waals surface area contributed by atoms with Crippen LogP contribution in [0, 0.1) is 0 Å². The number of aliphatic hydroxyl groups is 3. The van der Waals surface area contributed by atoms with Crippen molar-refractivity contribution in [2.75, 3.05) is 13.2 Å². The van der Waals surface area contributed by atoms with Crippen LogP contribution < -0.4 is 54.4 Å². The summed E-state index contributed by atoms with van der Waals surface area (Å²) in [5.41, 5.74) is 17.6. The Morgan fingerprint density at radius 3 is 1.99 bits per heavy atom. The molecular weight excluding hydrogens is 903 g/mol. The Kier molecular flexibility index (Phi) is 21.7. The summed E-state index contributed by atoms with van der Waals surface area (Å²) in [4.78, 5) is 128. The molecule has 11 atom stereocenters. The van der Waals surface area contributed by atoms with E-state index < -0.39 is 140 Å². The number of hydrogen-bond acceptors (Lipinski definition) is 16. The lowest BCUT2D eigenvalue weighted by Gasteiger charge is -2.42. The Morgan fingerprint density at radius 1 is 0.794 bits per heavy atom. The molecule has 1 aromatic heterocycles. The second-order valence-electron chi connectivity index (χ2n) is 15.7. The molecule has 2 heterocycles. The zero-order chi connectivity index (χ0) is 50.7. The molecule has 0 aliphatic carbocycles. The molecule has 0 unspecified atom stereocenters. The van der Waals surface area contributed by atoms with Gasteiger partial charge < -0.3 is 89.7 Å². The number of aliphatic imine (C=N–C) groups is 1. The fraction of sp³-hybridized carbons (Fsp3) is 0.525. The number of rotatable bonds is 26. The van der Waals surface area contributed by atoms with Crippen molar-refractivity contribution in [3.8, 4) is 0 Å². The van der Waals surface area contributed by atoms with Crippen LogP contribution in [0.2, 0.25) is 0 Å². The largest absolute Gasteiger partial charge is 0.481 e. The predicted molar refractivity (Wildman–Crippen MR) is 234 cm³/mol. The standard InChI is InChI=1S/C40H59N13O15/c1-18(33(61)52-26(39(66)67)14-29(57)58)47-35(63)23(11-20-7-4-3-5-8-20)50-37(65)25(13-28(56)53-38-30(48-19(2)55)32(60)31(59)27(16-54)68-38)51-36(64)24(12-21-15-44-17-46-21)49-34(62)22(41)9-6-10-45-40(42)43/h3-5,7-8,15,17-18,22-27,30-32,38,54,59-60H,6,9-14,16,41H2,1-2H3,(H,44,46)(H,47,63)(H,48,55)(H,49,62)(H,50,65)(H,51,64)(H,52,61)(H,53,56)(H,57,58)(H,66,67)(H4,42,43,45)/t18-,22-,23-,24-,25-,26-,27+,30+,31+,32+,38+/m0/s1. The minimum Gasteiger partial charge on any atom is -0.481 e. The minimum atomic E-state index is -1.93. The molecule has 1 saturated heterocycles. The number of aliphatic carboxylic acids is 2. The summed E-state index contributed by atoms with van der Waals surface area (Å²) >= 11 is 0. The van der Waals surface area contributed by atoms with Gasteiger partial charge in [0.1, 0.15) is 54.6 Å². The molecule has 0 spiro atoms. The zero-order valence-corrected chi connectivity index (χ0v) is 37.0. The predicted octanol–water partition coefficient (Wildman–Crippen LogP) is -6.97. The monoisotopic (exact) mass is 961 g/mol. The van der Waals surface area contributed by atoms with E-state index in [9.17, 15) is 63.6 Å². The van der Waals surface area contributed by atoms with Crippen molar-refractivity contribution < 1.29 is 73.4 Å². The van der Waals surface area contributed by atoms with E-state index in [4.69, 9.17) is 27.0 Å². The Bertz CT molecular complexity index is 2090. The number of carbonyl (C=O) groups is 9. The van der Waals surface area contributed by atoms with Crippen LogP contribution in [0.1, 0.15) is 50.8 Å². The minimum absolute atomic E-state index is 0.0748. The van der Waals surface area contributed by atoms with Gasteiger partial charge in [-0.05, 0) is 25.3 Å². The highest BCUT2D eigenvalue weighted by molar-refractivity contribution is 5.98. The topological polar surface area (TPSA) is 467 Å². The molecule has 374 valence electrons. The summed E-state index contributed by atoms with van der Waals surface area (Å²) in [6, 6.07) is -2.99. The van der Waals surface area contributed by atoms with E-state index in [0.717, 1.165) is 13.8 Å². The molecule has 3 rings (SSSR count). The Labute approximate surface area is 388 Å². The van der Waals surface area contributed by atoms with Crippen molar-refractivity contribution in [3.63, 3.8) is 0 Å². The first-order valence-electron chi connectivity index (χ1n) is 21.1. The van der Waals surface area contributed by atoms with Gasteiger partial charge in [-0.25, -0.2) is 9.78 Å². The van der Waals surface area contributed by atoms with Crippen molar-refractivity contribution in [2.45, 2.75) is 119 Å². The maximum atomic E-state index is 14.4. The van der Waals surface area contributed by atoms with Crippen LogP contribution in [0.3, 0.4) is 0 Å².